The zero-order chi connectivity index (χ0) is 12.5. The van der Waals surface area contributed by atoms with Crippen LogP contribution in [-0.2, 0) is 4.74 Å². The molecule has 0 bridgehead atoms. The molecule has 2 nitrogen and oxygen atoms in total. The van der Waals surface area contributed by atoms with Gasteiger partial charge in [0.1, 0.15) is 0 Å². The molecule has 0 fully saturated rings. The van der Waals surface area contributed by atoms with E-state index in [4.69, 9.17) is 4.74 Å². The average Bonchev–Trinajstić information content (AvgIpc) is 2.34. The summed E-state index contributed by atoms with van der Waals surface area (Å²) in [5.41, 5.74) is 0.776. The fourth-order valence-electron chi connectivity index (χ4n) is 1.63. The number of hydrogen-bond donors (Lipinski definition) is 0. The van der Waals surface area contributed by atoms with Gasteiger partial charge in [0.2, 0.25) is 0 Å². The van der Waals surface area contributed by atoms with Crippen molar-refractivity contribution in [3.63, 3.8) is 0 Å². The lowest BCUT2D eigenvalue weighted by molar-refractivity contribution is 0.0868. The van der Waals surface area contributed by atoms with Crippen LogP contribution in [0.2, 0.25) is 0 Å². The number of ketones is 1. The fourth-order valence-corrected chi connectivity index (χ4v) is 1.63. The van der Waals surface area contributed by atoms with Crippen LogP contribution in [0.15, 0.2) is 30.3 Å². The molecule has 0 heterocycles. The quantitative estimate of drug-likeness (QED) is 0.506. The topological polar surface area (TPSA) is 26.3 Å². The Morgan fingerprint density at radius 2 is 1.88 bits per heavy atom. The first-order valence-electron chi connectivity index (χ1n) is 6.36. The Morgan fingerprint density at radius 3 is 2.53 bits per heavy atom. The van der Waals surface area contributed by atoms with Crippen molar-refractivity contribution in [3.8, 4) is 0 Å². The van der Waals surface area contributed by atoms with Gasteiger partial charge in [-0.1, -0.05) is 44.2 Å². The summed E-state index contributed by atoms with van der Waals surface area (Å²) in [5, 5.41) is 0. The molecule has 0 amide bonds. The largest absolute Gasteiger partial charge is 0.381 e. The number of ether oxygens (including phenoxy) is 1. The van der Waals surface area contributed by atoms with Gasteiger partial charge in [-0.3, -0.25) is 4.79 Å². The van der Waals surface area contributed by atoms with Crippen molar-refractivity contribution in [2.75, 3.05) is 13.2 Å². The van der Waals surface area contributed by atoms with Gasteiger partial charge in [0.15, 0.2) is 5.78 Å². The first-order chi connectivity index (χ1) is 8.20. The smallest absolute Gasteiger partial charge is 0.165 e. The van der Waals surface area contributed by atoms with Gasteiger partial charge >= 0.3 is 0 Å². The van der Waals surface area contributed by atoms with Crippen LogP contribution in [0.25, 0.3) is 0 Å². The summed E-state index contributed by atoms with van der Waals surface area (Å²) in [6.07, 6.45) is 2.75. The summed E-state index contributed by atoms with van der Waals surface area (Å²) >= 11 is 0. The van der Waals surface area contributed by atoms with Crippen molar-refractivity contribution in [1.82, 2.24) is 0 Å². The highest BCUT2D eigenvalue weighted by molar-refractivity contribution is 5.96. The van der Waals surface area contributed by atoms with Gasteiger partial charge in [-0.25, -0.2) is 0 Å². The van der Waals surface area contributed by atoms with Crippen LogP contribution in [0.3, 0.4) is 0 Å². The van der Waals surface area contributed by atoms with Crippen LogP contribution in [-0.4, -0.2) is 19.0 Å². The number of carbonyl (C=O) groups excluding carboxylic acids is 1. The van der Waals surface area contributed by atoms with Crippen LogP contribution in [0.4, 0.5) is 0 Å². The van der Waals surface area contributed by atoms with E-state index in [1.54, 1.807) is 0 Å². The Hall–Kier alpha value is -1.15. The number of hydrogen-bond acceptors (Lipinski definition) is 2. The SMILES string of the molecule is CC(C)CCCOCCC(=O)c1ccccc1. The van der Waals surface area contributed by atoms with E-state index in [1.165, 1.54) is 6.42 Å². The second-order valence-corrected chi connectivity index (χ2v) is 4.69. The maximum Gasteiger partial charge on any atom is 0.165 e. The van der Waals surface area contributed by atoms with Crippen LogP contribution in [0, 0.1) is 5.92 Å². The fraction of sp³-hybridized carbons (Fsp3) is 0.533. The summed E-state index contributed by atoms with van der Waals surface area (Å²) in [4.78, 5) is 11.7. The van der Waals surface area contributed by atoms with E-state index >= 15 is 0 Å². The number of benzene rings is 1. The van der Waals surface area contributed by atoms with E-state index in [1.807, 2.05) is 30.3 Å². The highest BCUT2D eigenvalue weighted by Crippen LogP contribution is 2.05. The van der Waals surface area contributed by atoms with E-state index < -0.39 is 0 Å². The van der Waals surface area contributed by atoms with E-state index in [-0.39, 0.29) is 5.78 Å². The van der Waals surface area contributed by atoms with Crippen molar-refractivity contribution >= 4 is 5.78 Å². The molecule has 0 N–H and O–H groups in total. The van der Waals surface area contributed by atoms with E-state index in [2.05, 4.69) is 13.8 Å². The number of Topliss-reactive ketones (excluding diaryl/α,β-unsaturated/α-hetero) is 1. The molecule has 1 rings (SSSR count). The summed E-state index contributed by atoms with van der Waals surface area (Å²) in [6, 6.07) is 9.38. The minimum Gasteiger partial charge on any atom is -0.381 e. The van der Waals surface area contributed by atoms with Crippen molar-refractivity contribution in [2.24, 2.45) is 5.92 Å². The third-order valence-corrected chi connectivity index (χ3v) is 2.64. The Bertz CT molecular complexity index is 317. The molecule has 0 spiro atoms. The molecule has 2 heteroatoms. The molecule has 1 aromatic rings. The normalized spacial score (nSPS) is 10.8. The zero-order valence-corrected chi connectivity index (χ0v) is 10.8. The summed E-state index contributed by atoms with van der Waals surface area (Å²) in [6.45, 7) is 5.71. The van der Waals surface area contributed by atoms with Gasteiger partial charge in [0.25, 0.3) is 0 Å². The van der Waals surface area contributed by atoms with Crippen LogP contribution >= 0.6 is 0 Å². The van der Waals surface area contributed by atoms with Gasteiger partial charge in [-0.05, 0) is 18.8 Å². The third-order valence-electron chi connectivity index (χ3n) is 2.64. The van der Waals surface area contributed by atoms with Gasteiger partial charge in [0, 0.05) is 18.6 Å². The summed E-state index contributed by atoms with van der Waals surface area (Å²) in [7, 11) is 0. The number of carbonyl (C=O) groups is 1. The van der Waals surface area contributed by atoms with Crippen LogP contribution in [0.1, 0.15) is 43.5 Å². The van der Waals surface area contributed by atoms with Crippen molar-refractivity contribution in [1.29, 1.82) is 0 Å². The van der Waals surface area contributed by atoms with Crippen LogP contribution < -0.4 is 0 Å². The molecule has 0 aliphatic heterocycles. The summed E-state index contributed by atoms with van der Waals surface area (Å²) < 4.78 is 5.46. The molecule has 17 heavy (non-hydrogen) atoms. The predicted molar refractivity (Wildman–Crippen MR) is 70.3 cm³/mol. The van der Waals surface area contributed by atoms with E-state index in [0.717, 1.165) is 24.5 Å². The predicted octanol–water partition coefficient (Wildman–Crippen LogP) is 3.71. The van der Waals surface area contributed by atoms with Gasteiger partial charge in [-0.15, -0.1) is 0 Å². The molecule has 0 saturated heterocycles. The highest BCUT2D eigenvalue weighted by atomic mass is 16.5. The maximum absolute atomic E-state index is 11.7. The monoisotopic (exact) mass is 234 g/mol. The Balaban J connectivity index is 2.09. The first kappa shape index (κ1) is 13.9. The van der Waals surface area contributed by atoms with Crippen molar-refractivity contribution in [2.45, 2.75) is 33.1 Å². The zero-order valence-electron chi connectivity index (χ0n) is 10.8. The molecule has 1 aromatic carbocycles. The lowest BCUT2D eigenvalue weighted by Gasteiger charge is -2.05. The standard InChI is InChI=1S/C15H22O2/c1-13(2)7-6-11-17-12-10-15(16)14-8-4-3-5-9-14/h3-5,8-9,13H,6-7,10-12H2,1-2H3. The van der Waals surface area contributed by atoms with Crippen molar-refractivity contribution in [3.05, 3.63) is 35.9 Å². The molecule has 0 aliphatic rings. The Kier molecular flexibility index (Phi) is 6.56. The second kappa shape index (κ2) is 8.02. The van der Waals surface area contributed by atoms with E-state index in [0.29, 0.717) is 13.0 Å². The third kappa shape index (κ3) is 6.22. The molecule has 94 valence electrons. The Labute approximate surface area is 104 Å². The van der Waals surface area contributed by atoms with Crippen molar-refractivity contribution < 1.29 is 9.53 Å². The van der Waals surface area contributed by atoms with Gasteiger partial charge in [-0.2, -0.15) is 0 Å². The molecule has 0 radical (unpaired) electrons. The molecule has 0 atom stereocenters. The average molecular weight is 234 g/mol. The van der Waals surface area contributed by atoms with E-state index in [9.17, 15) is 4.79 Å². The molecular weight excluding hydrogens is 212 g/mol. The lowest BCUT2D eigenvalue weighted by atomic mass is 10.1. The van der Waals surface area contributed by atoms with Crippen LogP contribution in [0.5, 0.6) is 0 Å². The lowest BCUT2D eigenvalue weighted by Crippen LogP contribution is -2.06. The molecule has 0 aliphatic carbocycles. The van der Waals surface area contributed by atoms with Gasteiger partial charge < -0.3 is 4.74 Å². The number of rotatable bonds is 8. The molecule has 0 saturated carbocycles. The maximum atomic E-state index is 11.7. The Morgan fingerprint density at radius 1 is 1.18 bits per heavy atom. The molecular formula is C15H22O2. The molecule has 0 unspecified atom stereocenters. The second-order valence-electron chi connectivity index (χ2n) is 4.69. The highest BCUT2D eigenvalue weighted by Gasteiger charge is 2.04. The summed E-state index contributed by atoms with van der Waals surface area (Å²) in [5.74, 6) is 0.888. The minimum absolute atomic E-state index is 0.162. The molecule has 0 aromatic heterocycles. The van der Waals surface area contributed by atoms with Gasteiger partial charge in [0.05, 0.1) is 6.61 Å². The minimum atomic E-state index is 0.162. The first-order valence-corrected chi connectivity index (χ1v) is 6.36.